The average molecular weight is 343 g/mol. The predicted molar refractivity (Wildman–Crippen MR) is 94.9 cm³/mol. The molecule has 6 nitrogen and oxygen atoms in total. The number of nitrogens with one attached hydrogen (secondary N) is 2. The van der Waals surface area contributed by atoms with E-state index in [1.165, 1.54) is 18.5 Å². The number of amides is 2. The lowest BCUT2D eigenvalue weighted by Crippen LogP contribution is -2.33. The number of carbonyl (C=O) groups is 1. The molecular weight excluding hydrogens is 321 g/mol. The van der Waals surface area contributed by atoms with Gasteiger partial charge in [-0.15, -0.1) is 0 Å². The largest absolute Gasteiger partial charge is 0.356 e. The van der Waals surface area contributed by atoms with E-state index in [2.05, 4.69) is 32.4 Å². The van der Waals surface area contributed by atoms with Crippen molar-refractivity contribution in [2.24, 2.45) is 5.92 Å². The summed E-state index contributed by atoms with van der Waals surface area (Å²) in [5, 5.41) is 5.44. The van der Waals surface area contributed by atoms with Crippen molar-refractivity contribution in [1.29, 1.82) is 0 Å². The molecule has 0 spiro atoms. The molecule has 132 valence electrons. The first kappa shape index (κ1) is 17.1. The highest BCUT2D eigenvalue weighted by Gasteiger charge is 2.17. The van der Waals surface area contributed by atoms with Gasteiger partial charge >= 0.3 is 6.03 Å². The summed E-state index contributed by atoms with van der Waals surface area (Å²) in [6, 6.07) is 7.43. The number of hydrogen-bond donors (Lipinski definition) is 2. The summed E-state index contributed by atoms with van der Waals surface area (Å²) < 4.78 is 12.9. The fraction of sp³-hybridized carbons (Fsp3) is 0.389. The fourth-order valence-corrected chi connectivity index (χ4v) is 2.77. The molecule has 2 aromatic rings. The normalized spacial score (nSPS) is 15.0. The van der Waals surface area contributed by atoms with Crippen LogP contribution >= 0.6 is 0 Å². The van der Waals surface area contributed by atoms with Gasteiger partial charge < -0.3 is 10.2 Å². The molecule has 0 bridgehead atoms. The summed E-state index contributed by atoms with van der Waals surface area (Å²) in [7, 11) is 0. The van der Waals surface area contributed by atoms with Gasteiger partial charge in [-0.3, -0.25) is 5.32 Å². The monoisotopic (exact) mass is 343 g/mol. The van der Waals surface area contributed by atoms with Gasteiger partial charge in [0.1, 0.15) is 23.8 Å². The van der Waals surface area contributed by atoms with Crippen molar-refractivity contribution < 1.29 is 9.18 Å². The van der Waals surface area contributed by atoms with E-state index in [0.29, 0.717) is 12.4 Å². The minimum Gasteiger partial charge on any atom is -0.356 e. The van der Waals surface area contributed by atoms with Crippen LogP contribution in [0.15, 0.2) is 36.7 Å². The van der Waals surface area contributed by atoms with Crippen molar-refractivity contribution in [3.63, 3.8) is 0 Å². The Kier molecular flexibility index (Phi) is 5.42. The van der Waals surface area contributed by atoms with Crippen molar-refractivity contribution in [3.05, 3.63) is 48.0 Å². The maximum absolute atomic E-state index is 12.9. The average Bonchev–Trinajstić information content (AvgIpc) is 2.62. The van der Waals surface area contributed by atoms with Crippen molar-refractivity contribution >= 4 is 17.7 Å². The van der Waals surface area contributed by atoms with Crippen molar-refractivity contribution in [2.45, 2.75) is 26.3 Å². The van der Waals surface area contributed by atoms with Gasteiger partial charge in [0, 0.05) is 25.7 Å². The smallest absolute Gasteiger partial charge is 0.320 e. The Labute approximate surface area is 146 Å². The highest BCUT2D eigenvalue weighted by atomic mass is 19.1. The van der Waals surface area contributed by atoms with Crippen LogP contribution < -0.4 is 15.5 Å². The Morgan fingerprint density at radius 2 is 1.96 bits per heavy atom. The van der Waals surface area contributed by atoms with Crippen LogP contribution in [-0.4, -0.2) is 29.1 Å². The zero-order valence-electron chi connectivity index (χ0n) is 14.2. The SMILES string of the molecule is CC1CCN(c2cc(NC(=O)NCc3ccc(F)cc3)ncn2)CC1. The Morgan fingerprint density at radius 1 is 1.24 bits per heavy atom. The Hall–Kier alpha value is -2.70. The van der Waals surface area contributed by atoms with Crippen LogP contribution in [0.1, 0.15) is 25.3 Å². The van der Waals surface area contributed by atoms with Gasteiger partial charge in [0.2, 0.25) is 0 Å². The second-order valence-electron chi connectivity index (χ2n) is 6.37. The Bertz CT molecular complexity index is 714. The summed E-state index contributed by atoms with van der Waals surface area (Å²) in [6.45, 7) is 4.51. The molecular formula is C18H22FN5O. The van der Waals surface area contributed by atoms with Gasteiger partial charge in [-0.1, -0.05) is 19.1 Å². The number of urea groups is 1. The number of halogens is 1. The molecule has 1 aromatic heterocycles. The first-order valence-corrected chi connectivity index (χ1v) is 8.46. The highest BCUT2D eigenvalue weighted by molar-refractivity contribution is 5.88. The van der Waals surface area contributed by atoms with E-state index >= 15 is 0 Å². The number of hydrogen-bond acceptors (Lipinski definition) is 4. The maximum Gasteiger partial charge on any atom is 0.320 e. The molecule has 1 aliphatic rings. The maximum atomic E-state index is 12.9. The molecule has 1 fully saturated rings. The third-order valence-corrected chi connectivity index (χ3v) is 4.37. The molecule has 0 radical (unpaired) electrons. The molecule has 7 heteroatoms. The number of nitrogens with zero attached hydrogens (tertiary/aromatic N) is 3. The minimum absolute atomic E-state index is 0.297. The quantitative estimate of drug-likeness (QED) is 0.894. The molecule has 1 aliphatic heterocycles. The zero-order chi connectivity index (χ0) is 17.6. The molecule has 25 heavy (non-hydrogen) atoms. The first-order chi connectivity index (χ1) is 12.1. The second kappa shape index (κ2) is 7.92. The lowest BCUT2D eigenvalue weighted by molar-refractivity contribution is 0.251. The van der Waals surface area contributed by atoms with E-state index in [0.717, 1.165) is 43.2 Å². The molecule has 1 saturated heterocycles. The number of rotatable bonds is 4. The number of anilines is 2. The highest BCUT2D eigenvalue weighted by Crippen LogP contribution is 2.22. The van der Waals surface area contributed by atoms with E-state index in [1.807, 2.05) is 0 Å². The second-order valence-corrected chi connectivity index (χ2v) is 6.37. The van der Waals surface area contributed by atoms with Gasteiger partial charge in [0.05, 0.1) is 0 Å². The summed E-state index contributed by atoms with van der Waals surface area (Å²) >= 11 is 0. The van der Waals surface area contributed by atoms with E-state index < -0.39 is 0 Å². The third-order valence-electron chi connectivity index (χ3n) is 4.37. The zero-order valence-corrected chi connectivity index (χ0v) is 14.2. The van der Waals surface area contributed by atoms with Gasteiger partial charge in [-0.2, -0.15) is 0 Å². The van der Waals surface area contributed by atoms with Crippen LogP contribution in [0.25, 0.3) is 0 Å². The van der Waals surface area contributed by atoms with E-state index in [4.69, 9.17) is 0 Å². The molecule has 2 heterocycles. The van der Waals surface area contributed by atoms with Gasteiger partial charge in [0.25, 0.3) is 0 Å². The van der Waals surface area contributed by atoms with Crippen LogP contribution in [0.4, 0.5) is 20.8 Å². The van der Waals surface area contributed by atoms with Crippen LogP contribution in [0.2, 0.25) is 0 Å². The fourth-order valence-electron chi connectivity index (χ4n) is 2.77. The minimum atomic E-state index is -0.360. The van der Waals surface area contributed by atoms with E-state index in [1.54, 1.807) is 18.2 Å². The van der Waals surface area contributed by atoms with Crippen LogP contribution in [0.3, 0.4) is 0 Å². The van der Waals surface area contributed by atoms with Crippen molar-refractivity contribution in [3.8, 4) is 0 Å². The van der Waals surface area contributed by atoms with E-state index in [9.17, 15) is 9.18 Å². The summed E-state index contributed by atoms with van der Waals surface area (Å²) in [6.07, 6.45) is 3.75. The Morgan fingerprint density at radius 3 is 2.68 bits per heavy atom. The standard InChI is InChI=1S/C18H22FN5O/c1-13-6-8-24(9-7-13)17-10-16(21-12-22-17)23-18(25)20-11-14-2-4-15(19)5-3-14/h2-5,10,12-13H,6-9,11H2,1H3,(H2,20,21,22,23,25). The third kappa shape index (κ3) is 4.89. The lowest BCUT2D eigenvalue weighted by Gasteiger charge is -2.31. The number of carbonyl (C=O) groups excluding carboxylic acids is 1. The molecule has 0 saturated carbocycles. The molecule has 0 atom stereocenters. The molecule has 3 rings (SSSR count). The number of aromatic nitrogens is 2. The summed E-state index contributed by atoms with van der Waals surface area (Å²) in [5.74, 6) is 1.73. The molecule has 2 amide bonds. The summed E-state index contributed by atoms with van der Waals surface area (Å²) in [5.41, 5.74) is 0.822. The van der Waals surface area contributed by atoms with Crippen LogP contribution in [0, 0.1) is 11.7 Å². The lowest BCUT2D eigenvalue weighted by atomic mass is 9.99. The molecule has 0 aliphatic carbocycles. The predicted octanol–water partition coefficient (Wildman–Crippen LogP) is 3.17. The van der Waals surface area contributed by atoms with Gasteiger partial charge in [-0.25, -0.2) is 19.2 Å². The summed E-state index contributed by atoms with van der Waals surface area (Å²) in [4.78, 5) is 22.6. The first-order valence-electron chi connectivity index (χ1n) is 8.46. The van der Waals surface area contributed by atoms with E-state index in [-0.39, 0.29) is 11.8 Å². The number of benzene rings is 1. The molecule has 1 aromatic carbocycles. The van der Waals surface area contributed by atoms with Crippen molar-refractivity contribution in [2.75, 3.05) is 23.3 Å². The van der Waals surface area contributed by atoms with Gasteiger partial charge in [-0.05, 0) is 36.5 Å². The van der Waals surface area contributed by atoms with Crippen LogP contribution in [0.5, 0.6) is 0 Å². The van der Waals surface area contributed by atoms with Gasteiger partial charge in [0.15, 0.2) is 0 Å². The molecule has 0 unspecified atom stereocenters. The molecule has 2 N–H and O–H groups in total. The van der Waals surface area contributed by atoms with Crippen LogP contribution in [-0.2, 0) is 6.54 Å². The Balaban J connectivity index is 1.54. The topological polar surface area (TPSA) is 70.2 Å². The van der Waals surface area contributed by atoms with Crippen molar-refractivity contribution in [1.82, 2.24) is 15.3 Å². The number of piperidine rings is 1.